The topological polar surface area (TPSA) is 90.0 Å². The van der Waals surface area contributed by atoms with E-state index in [1.54, 1.807) is 19.1 Å². The molecule has 1 aromatic carbocycles. The van der Waals surface area contributed by atoms with Crippen molar-refractivity contribution in [3.05, 3.63) is 35.4 Å². The number of ether oxygens (including phenoxy) is 2. The molecule has 0 spiro atoms. The molecular formula is C25H41NO6S. The van der Waals surface area contributed by atoms with Gasteiger partial charge in [0.2, 0.25) is 10.0 Å². The van der Waals surface area contributed by atoms with Crippen molar-refractivity contribution in [2.45, 2.75) is 84.7 Å². The highest BCUT2D eigenvalue weighted by Gasteiger charge is 2.27. The first-order valence-corrected chi connectivity index (χ1v) is 13.8. The third-order valence-corrected chi connectivity index (χ3v) is 6.92. The molecular weight excluding hydrogens is 442 g/mol. The van der Waals surface area contributed by atoms with Crippen molar-refractivity contribution in [1.29, 1.82) is 0 Å². The van der Waals surface area contributed by atoms with Crippen LogP contribution in [0, 0.1) is 0 Å². The molecule has 0 N–H and O–H groups in total. The largest absolute Gasteiger partial charge is 0.462 e. The van der Waals surface area contributed by atoms with Crippen LogP contribution >= 0.6 is 0 Å². The van der Waals surface area contributed by atoms with E-state index in [2.05, 4.69) is 6.92 Å². The summed E-state index contributed by atoms with van der Waals surface area (Å²) in [6.45, 7) is 8.39. The maximum Gasteiger partial charge on any atom is 0.338 e. The van der Waals surface area contributed by atoms with Crippen molar-refractivity contribution in [3.8, 4) is 0 Å². The second kappa shape index (κ2) is 14.4. The number of esters is 2. The van der Waals surface area contributed by atoms with Gasteiger partial charge in [-0.1, -0.05) is 31.9 Å². The Morgan fingerprint density at radius 1 is 0.970 bits per heavy atom. The fourth-order valence-corrected chi connectivity index (χ4v) is 4.80. The summed E-state index contributed by atoms with van der Waals surface area (Å²) in [5, 5.41) is 0. The van der Waals surface area contributed by atoms with Gasteiger partial charge >= 0.3 is 11.9 Å². The average molecular weight is 484 g/mol. The van der Waals surface area contributed by atoms with Crippen LogP contribution in [-0.2, 0) is 30.7 Å². The summed E-state index contributed by atoms with van der Waals surface area (Å²) in [7, 11) is -3.34. The fraction of sp³-hybridized carbons (Fsp3) is 0.680. The minimum atomic E-state index is -3.34. The first-order valence-electron chi connectivity index (χ1n) is 11.9. The van der Waals surface area contributed by atoms with E-state index < -0.39 is 15.6 Å². The zero-order valence-electron chi connectivity index (χ0n) is 20.9. The normalized spacial score (nSPS) is 13.5. The number of aryl methyl sites for hydroxylation is 1. The lowest BCUT2D eigenvalue weighted by atomic mass is 9.92. The Morgan fingerprint density at radius 3 is 2.12 bits per heavy atom. The highest BCUT2D eigenvalue weighted by atomic mass is 32.2. The van der Waals surface area contributed by atoms with E-state index in [0.29, 0.717) is 50.9 Å². The number of nitrogens with zero attached hydrogens (tertiary/aromatic N) is 1. The molecule has 0 fully saturated rings. The highest BCUT2D eigenvalue weighted by molar-refractivity contribution is 7.88. The van der Waals surface area contributed by atoms with Gasteiger partial charge in [-0.05, 0) is 70.1 Å². The number of hydrogen-bond donors (Lipinski definition) is 0. The summed E-state index contributed by atoms with van der Waals surface area (Å²) >= 11 is 0. The van der Waals surface area contributed by atoms with Crippen molar-refractivity contribution in [3.63, 3.8) is 0 Å². The van der Waals surface area contributed by atoms with E-state index in [0.717, 1.165) is 31.2 Å². The lowest BCUT2D eigenvalue weighted by molar-refractivity contribution is -0.157. The van der Waals surface area contributed by atoms with Crippen molar-refractivity contribution >= 4 is 22.0 Å². The summed E-state index contributed by atoms with van der Waals surface area (Å²) < 4.78 is 36.7. The van der Waals surface area contributed by atoms with Crippen LogP contribution in [-0.4, -0.2) is 56.2 Å². The summed E-state index contributed by atoms with van der Waals surface area (Å²) in [5.41, 5.74) is 0.980. The SMILES string of the molecule is CCCCCC(C)(CCCN(CCCc1ccc(C(=O)OCC)cc1)S(C)(=O)=O)OC(C)=O. The summed E-state index contributed by atoms with van der Waals surface area (Å²) in [4.78, 5) is 23.3. The number of carbonyl (C=O) groups is 2. The quantitative estimate of drug-likeness (QED) is 0.249. The first kappa shape index (κ1) is 29.1. The Hall–Kier alpha value is -1.93. The van der Waals surface area contributed by atoms with Crippen molar-refractivity contribution < 1.29 is 27.5 Å². The second-order valence-corrected chi connectivity index (χ2v) is 10.8. The van der Waals surface area contributed by atoms with Gasteiger partial charge in [-0.3, -0.25) is 4.79 Å². The number of unbranched alkanes of at least 4 members (excludes halogenated alkanes) is 2. The lowest BCUT2D eigenvalue weighted by Crippen LogP contribution is -2.35. The maximum absolute atomic E-state index is 12.3. The van der Waals surface area contributed by atoms with Crippen molar-refractivity contribution in [1.82, 2.24) is 4.31 Å². The van der Waals surface area contributed by atoms with E-state index >= 15 is 0 Å². The third-order valence-electron chi connectivity index (χ3n) is 5.62. The average Bonchev–Trinajstić information content (AvgIpc) is 2.72. The van der Waals surface area contributed by atoms with Crippen molar-refractivity contribution in [2.75, 3.05) is 26.0 Å². The molecule has 0 heterocycles. The molecule has 0 amide bonds. The van der Waals surface area contributed by atoms with E-state index in [-0.39, 0.29) is 11.9 Å². The van der Waals surface area contributed by atoms with Crippen LogP contribution < -0.4 is 0 Å². The van der Waals surface area contributed by atoms with Crippen molar-refractivity contribution in [2.24, 2.45) is 0 Å². The van der Waals surface area contributed by atoms with Crippen LogP contribution in [0.5, 0.6) is 0 Å². The molecule has 0 aliphatic heterocycles. The second-order valence-electron chi connectivity index (χ2n) is 8.79. The molecule has 188 valence electrons. The van der Waals surface area contributed by atoms with E-state index in [1.165, 1.54) is 17.5 Å². The number of carbonyl (C=O) groups excluding carboxylic acids is 2. The molecule has 1 aromatic rings. The molecule has 0 saturated heterocycles. The van der Waals surface area contributed by atoms with Gasteiger partial charge in [0.25, 0.3) is 0 Å². The number of hydrogen-bond acceptors (Lipinski definition) is 6. The van der Waals surface area contributed by atoms with Crippen LogP contribution in [0.3, 0.4) is 0 Å². The van der Waals surface area contributed by atoms with Crippen LogP contribution in [0.2, 0.25) is 0 Å². The minimum absolute atomic E-state index is 0.303. The zero-order valence-corrected chi connectivity index (χ0v) is 21.7. The molecule has 0 bridgehead atoms. The predicted molar refractivity (Wildman–Crippen MR) is 131 cm³/mol. The van der Waals surface area contributed by atoms with Gasteiger partial charge in [-0.25, -0.2) is 17.5 Å². The summed E-state index contributed by atoms with van der Waals surface area (Å²) in [5.74, 6) is -0.648. The number of sulfonamides is 1. The Balaban J connectivity index is 2.61. The van der Waals surface area contributed by atoms with Gasteiger partial charge in [0, 0.05) is 20.0 Å². The van der Waals surface area contributed by atoms with Gasteiger partial charge in [0.1, 0.15) is 5.60 Å². The monoisotopic (exact) mass is 483 g/mol. The molecule has 0 aromatic heterocycles. The standard InChI is InChI=1S/C25H41NO6S/c1-6-8-9-17-25(4,32-21(3)27)18-11-20-26(33(5,29)30)19-10-12-22-13-15-23(16-14-22)24(28)31-7-2/h13-16H,6-12,17-20H2,1-5H3. The van der Waals surface area contributed by atoms with Gasteiger partial charge in [-0.2, -0.15) is 0 Å². The molecule has 0 radical (unpaired) electrons. The Bertz CT molecular complexity index is 837. The van der Waals surface area contributed by atoms with E-state index in [1.807, 2.05) is 19.1 Å². The Morgan fingerprint density at radius 2 is 1.58 bits per heavy atom. The van der Waals surface area contributed by atoms with Crippen LogP contribution in [0.25, 0.3) is 0 Å². The maximum atomic E-state index is 12.3. The smallest absolute Gasteiger partial charge is 0.338 e. The Kier molecular flexibility index (Phi) is 12.7. The van der Waals surface area contributed by atoms with Gasteiger partial charge in [0.05, 0.1) is 18.4 Å². The van der Waals surface area contributed by atoms with Gasteiger partial charge in [0.15, 0.2) is 0 Å². The fourth-order valence-electron chi connectivity index (χ4n) is 3.88. The van der Waals surface area contributed by atoms with Crippen LogP contribution in [0.1, 0.15) is 88.6 Å². The molecule has 0 aliphatic carbocycles. The van der Waals surface area contributed by atoms with Gasteiger partial charge in [-0.15, -0.1) is 0 Å². The zero-order chi connectivity index (χ0) is 24.9. The molecule has 33 heavy (non-hydrogen) atoms. The number of benzene rings is 1. The molecule has 1 atom stereocenters. The summed E-state index contributed by atoms with van der Waals surface area (Å²) in [6, 6.07) is 7.21. The molecule has 7 nitrogen and oxygen atoms in total. The van der Waals surface area contributed by atoms with Crippen LogP contribution in [0.4, 0.5) is 0 Å². The molecule has 0 saturated carbocycles. The highest BCUT2D eigenvalue weighted by Crippen LogP contribution is 2.26. The molecule has 1 rings (SSSR count). The van der Waals surface area contributed by atoms with Crippen LogP contribution in [0.15, 0.2) is 24.3 Å². The molecule has 8 heteroatoms. The molecule has 0 aliphatic rings. The summed E-state index contributed by atoms with van der Waals surface area (Å²) in [6.07, 6.45) is 7.77. The van der Waals surface area contributed by atoms with Gasteiger partial charge < -0.3 is 9.47 Å². The number of rotatable bonds is 16. The lowest BCUT2D eigenvalue weighted by Gasteiger charge is -2.30. The minimum Gasteiger partial charge on any atom is -0.462 e. The molecule has 1 unspecified atom stereocenters. The van der Waals surface area contributed by atoms with E-state index in [9.17, 15) is 18.0 Å². The third kappa shape index (κ3) is 11.7. The van der Waals surface area contributed by atoms with E-state index in [4.69, 9.17) is 9.47 Å². The first-order chi connectivity index (χ1) is 15.5. The predicted octanol–water partition coefficient (Wildman–Crippen LogP) is 4.74. The Labute approximate surface area is 199 Å².